The van der Waals surface area contributed by atoms with Crippen LogP contribution in [0.1, 0.15) is 68.3 Å². The summed E-state index contributed by atoms with van der Waals surface area (Å²) < 4.78 is 5.41. The van der Waals surface area contributed by atoms with Crippen molar-refractivity contribution in [1.29, 1.82) is 0 Å². The number of aryl methyl sites for hydroxylation is 1. The van der Waals surface area contributed by atoms with Gasteiger partial charge in [0.15, 0.2) is 0 Å². The molecule has 0 spiro atoms. The number of nitrogens with zero attached hydrogens (tertiary/aromatic N) is 3. The predicted octanol–water partition coefficient (Wildman–Crippen LogP) is 7.09. The zero-order valence-electron chi connectivity index (χ0n) is 25.4. The minimum Gasteiger partial charge on any atom is -0.507 e. The maximum Gasteiger partial charge on any atom is 0.257 e. The summed E-state index contributed by atoms with van der Waals surface area (Å²) in [5.74, 6) is 1.67. The molecule has 4 rings (SSSR count). The molecule has 1 fully saturated rings. The molecule has 7 heteroatoms. The zero-order chi connectivity index (χ0) is 29.7. The lowest BCUT2D eigenvalue weighted by molar-refractivity contribution is 0.0726. The summed E-state index contributed by atoms with van der Waals surface area (Å²) in [5, 5.41) is 14.0. The molecule has 2 aromatic rings. The molecule has 7 nitrogen and oxygen atoms in total. The highest BCUT2D eigenvalue weighted by atomic mass is 16.5. The number of nitrogens with one attached hydrogen (secondary N) is 1. The van der Waals surface area contributed by atoms with Gasteiger partial charge in [0.2, 0.25) is 0 Å². The zero-order valence-corrected chi connectivity index (χ0v) is 25.4. The molecule has 0 radical (unpaired) electrons. The van der Waals surface area contributed by atoms with Crippen molar-refractivity contribution in [3.05, 3.63) is 89.5 Å². The number of piperidine rings is 1. The number of anilines is 1. The second-order valence-electron chi connectivity index (χ2n) is 11.0. The number of methoxy groups -OCH3 is 1. The molecule has 2 aliphatic rings. The minimum absolute atomic E-state index is 0.0152. The maximum absolute atomic E-state index is 13.6. The van der Waals surface area contributed by atoms with Crippen molar-refractivity contribution >= 4 is 11.7 Å². The fraction of sp³-hybridized carbons (Fsp3) is 0.429. The Morgan fingerprint density at radius 3 is 2.64 bits per heavy atom. The molecule has 1 aromatic heterocycles. The molecule has 0 atom stereocenters. The summed E-state index contributed by atoms with van der Waals surface area (Å²) in [6.07, 6.45) is 21.1. The largest absolute Gasteiger partial charge is 0.507 e. The van der Waals surface area contributed by atoms with Gasteiger partial charge in [-0.15, -0.1) is 0 Å². The van der Waals surface area contributed by atoms with Crippen molar-refractivity contribution in [2.45, 2.75) is 58.8 Å². The highest BCUT2D eigenvalue weighted by Crippen LogP contribution is 2.29. The highest BCUT2D eigenvalue weighted by molar-refractivity contribution is 5.98. The number of carbonyl (C=O) groups is 1. The van der Waals surface area contributed by atoms with Gasteiger partial charge in [0.25, 0.3) is 5.91 Å². The Morgan fingerprint density at radius 2 is 1.88 bits per heavy atom. The van der Waals surface area contributed by atoms with Gasteiger partial charge in [0.05, 0.1) is 18.4 Å². The van der Waals surface area contributed by atoms with Gasteiger partial charge in [-0.2, -0.15) is 0 Å². The summed E-state index contributed by atoms with van der Waals surface area (Å²) in [6, 6.07) is 7.39. The molecular formula is C35H46N4O3. The van der Waals surface area contributed by atoms with Crippen molar-refractivity contribution in [2.75, 3.05) is 45.2 Å². The van der Waals surface area contributed by atoms with Crippen LogP contribution in [0.3, 0.4) is 0 Å². The Bertz CT molecular complexity index is 1320. The summed E-state index contributed by atoms with van der Waals surface area (Å²) in [6.45, 7) is 8.60. The first kappa shape index (κ1) is 31.1. The number of carbonyl (C=O) groups excluding carboxylic acids is 1. The van der Waals surface area contributed by atoms with Crippen LogP contribution in [0.5, 0.6) is 5.75 Å². The SMILES string of the molecule is CCCN(CCN1CCCCC1)C(=O)c1cc(-c2cnc(N/C=C/C3=C/C=C\C=C(\OC)CC3)c(CC)c2)ccc1O. The molecule has 2 heterocycles. The summed E-state index contributed by atoms with van der Waals surface area (Å²) in [7, 11) is 1.71. The normalized spacial score (nSPS) is 19.2. The lowest BCUT2D eigenvalue weighted by Gasteiger charge is -2.30. The number of rotatable bonds is 12. The van der Waals surface area contributed by atoms with Crippen LogP contribution in [0, 0.1) is 0 Å². The van der Waals surface area contributed by atoms with E-state index in [0.29, 0.717) is 18.7 Å². The average Bonchev–Trinajstić information content (AvgIpc) is 3.01. The first-order valence-corrected chi connectivity index (χ1v) is 15.4. The van der Waals surface area contributed by atoms with Crippen molar-refractivity contribution in [3.8, 4) is 16.9 Å². The molecule has 224 valence electrons. The molecule has 2 N–H and O–H groups in total. The van der Waals surface area contributed by atoms with Crippen LogP contribution in [0.25, 0.3) is 11.1 Å². The number of phenolic OH excluding ortho intramolecular Hbond substituents is 1. The summed E-state index contributed by atoms with van der Waals surface area (Å²) in [5.41, 5.74) is 4.39. The number of likely N-dealkylation sites (tertiary alicyclic amines) is 1. The molecule has 0 saturated carbocycles. The molecule has 1 saturated heterocycles. The summed E-state index contributed by atoms with van der Waals surface area (Å²) >= 11 is 0. The third-order valence-corrected chi connectivity index (χ3v) is 7.97. The number of phenols is 1. The number of aromatic nitrogens is 1. The second-order valence-corrected chi connectivity index (χ2v) is 11.0. The van der Waals surface area contributed by atoms with E-state index in [4.69, 9.17) is 9.72 Å². The first-order valence-electron chi connectivity index (χ1n) is 15.4. The molecule has 1 aromatic carbocycles. The van der Waals surface area contributed by atoms with Gasteiger partial charge in [0, 0.05) is 44.0 Å². The minimum atomic E-state index is -0.119. The second kappa shape index (κ2) is 16.0. The Hall–Kier alpha value is -3.84. The quantitative estimate of drug-likeness (QED) is 0.284. The van der Waals surface area contributed by atoms with Crippen LogP contribution in [-0.4, -0.2) is 65.6 Å². The third kappa shape index (κ3) is 8.58. The van der Waals surface area contributed by atoms with Crippen molar-refractivity contribution in [3.63, 3.8) is 0 Å². The number of benzene rings is 1. The van der Waals surface area contributed by atoms with E-state index >= 15 is 0 Å². The van der Waals surface area contributed by atoms with Gasteiger partial charge in [-0.1, -0.05) is 44.6 Å². The summed E-state index contributed by atoms with van der Waals surface area (Å²) in [4.78, 5) is 22.7. The van der Waals surface area contributed by atoms with Gasteiger partial charge in [-0.05, 0) is 92.2 Å². The number of amides is 1. The van der Waals surface area contributed by atoms with Gasteiger partial charge in [-0.3, -0.25) is 4.79 Å². The van der Waals surface area contributed by atoms with E-state index in [2.05, 4.69) is 42.3 Å². The van der Waals surface area contributed by atoms with Crippen LogP contribution >= 0.6 is 0 Å². The van der Waals surface area contributed by atoms with Crippen molar-refractivity contribution < 1.29 is 14.6 Å². The van der Waals surface area contributed by atoms with E-state index in [1.807, 2.05) is 47.7 Å². The topological polar surface area (TPSA) is 77.9 Å². The maximum atomic E-state index is 13.6. The number of hydrogen-bond acceptors (Lipinski definition) is 6. The van der Waals surface area contributed by atoms with Gasteiger partial charge in [-0.25, -0.2) is 4.98 Å². The Labute approximate surface area is 251 Å². The van der Waals surface area contributed by atoms with Gasteiger partial charge < -0.3 is 25.0 Å². The van der Waals surface area contributed by atoms with Crippen molar-refractivity contribution in [1.82, 2.24) is 14.8 Å². The van der Waals surface area contributed by atoms with E-state index in [9.17, 15) is 9.90 Å². The predicted molar refractivity (Wildman–Crippen MR) is 172 cm³/mol. The smallest absolute Gasteiger partial charge is 0.257 e. The third-order valence-electron chi connectivity index (χ3n) is 7.97. The van der Waals surface area contributed by atoms with E-state index in [1.165, 1.54) is 24.8 Å². The number of aromatic hydroxyl groups is 1. The molecule has 42 heavy (non-hydrogen) atoms. The van der Waals surface area contributed by atoms with E-state index in [1.54, 1.807) is 13.2 Å². The standard InChI is InChI=1S/C35H46N4O3/c1-4-19-39(23-22-38-20-9-6-10-21-38)35(41)32-25-29(14-16-33(32)40)30-24-28(5-2)34(37-26-30)36-18-17-27-11-7-8-12-31(42-3)15-13-27/h7-8,11-12,14,16-18,24-26,40H,4-6,9-10,13,15,19-23H2,1-3H3,(H,36,37)/b8-7-,18-17+,27-11+,31-12+. The molecule has 1 aliphatic heterocycles. The van der Waals surface area contributed by atoms with E-state index in [0.717, 1.165) is 73.6 Å². The van der Waals surface area contributed by atoms with Crippen LogP contribution in [0.4, 0.5) is 5.82 Å². The number of allylic oxidation sites excluding steroid dienone is 7. The molecule has 1 aliphatic carbocycles. The first-order chi connectivity index (χ1) is 20.5. The molecule has 1 amide bonds. The van der Waals surface area contributed by atoms with Gasteiger partial charge >= 0.3 is 0 Å². The number of hydrogen-bond donors (Lipinski definition) is 2. The van der Waals surface area contributed by atoms with Crippen LogP contribution < -0.4 is 5.32 Å². The molecular weight excluding hydrogens is 524 g/mol. The highest BCUT2D eigenvalue weighted by Gasteiger charge is 2.21. The fourth-order valence-electron chi connectivity index (χ4n) is 5.47. The van der Waals surface area contributed by atoms with Crippen LogP contribution in [0.15, 0.2) is 78.4 Å². The van der Waals surface area contributed by atoms with Crippen LogP contribution in [0.2, 0.25) is 0 Å². The fourth-order valence-corrected chi connectivity index (χ4v) is 5.47. The van der Waals surface area contributed by atoms with E-state index in [-0.39, 0.29) is 11.7 Å². The van der Waals surface area contributed by atoms with Gasteiger partial charge in [0.1, 0.15) is 11.6 Å². The van der Waals surface area contributed by atoms with Crippen LogP contribution in [-0.2, 0) is 11.2 Å². The number of ether oxygens (including phenoxy) is 1. The Balaban J connectivity index is 1.47. The molecule has 0 bridgehead atoms. The Morgan fingerprint density at radius 1 is 1.07 bits per heavy atom. The van der Waals surface area contributed by atoms with E-state index < -0.39 is 0 Å². The van der Waals surface area contributed by atoms with Crippen molar-refractivity contribution in [2.24, 2.45) is 0 Å². The average molecular weight is 571 g/mol. The Kier molecular flexibility index (Phi) is 11.8. The molecule has 0 unspecified atom stereocenters. The number of pyridine rings is 1. The monoisotopic (exact) mass is 570 g/mol. The lowest BCUT2D eigenvalue weighted by Crippen LogP contribution is -2.40. The lowest BCUT2D eigenvalue weighted by atomic mass is 10.0.